The normalized spacial score (nSPS) is 12.5. The van der Waals surface area contributed by atoms with Crippen LogP contribution in [0.15, 0.2) is 12.2 Å². The molecule has 0 rings (SSSR count). The Hall–Kier alpha value is -0.790. The molecule has 0 aromatic rings. The van der Waals surface area contributed by atoms with E-state index in [0.29, 0.717) is 0 Å². The summed E-state index contributed by atoms with van der Waals surface area (Å²) in [6, 6.07) is 0. The monoisotopic (exact) mass is 506 g/mol. The number of hydrogen-bond acceptors (Lipinski definition) is 1. The van der Waals surface area contributed by atoms with E-state index in [9.17, 15) is 4.79 Å². The lowest BCUT2D eigenvalue weighted by Crippen LogP contribution is -2.21. The summed E-state index contributed by atoms with van der Waals surface area (Å²) >= 11 is 0. The van der Waals surface area contributed by atoms with E-state index >= 15 is 0 Å². The van der Waals surface area contributed by atoms with Gasteiger partial charge in [-0.2, -0.15) is 0 Å². The maximum atomic E-state index is 11.8. The van der Waals surface area contributed by atoms with Gasteiger partial charge in [0.1, 0.15) is 0 Å². The zero-order valence-corrected chi connectivity index (χ0v) is 25.0. The van der Waals surface area contributed by atoms with Crippen molar-refractivity contribution in [2.75, 3.05) is 0 Å². The molecule has 0 aliphatic heterocycles. The second kappa shape index (κ2) is 30.4. The number of unbranched alkanes of at least 4 members (excludes halogenated alkanes) is 25. The number of nitrogens with two attached hydrogens (primary N) is 1. The average molecular weight is 506 g/mol. The van der Waals surface area contributed by atoms with Crippen LogP contribution in [-0.2, 0) is 4.79 Å². The van der Waals surface area contributed by atoms with Crippen molar-refractivity contribution < 1.29 is 4.79 Å². The number of amides is 1. The lowest BCUT2D eigenvalue weighted by molar-refractivity contribution is -0.120. The average Bonchev–Trinajstić information content (AvgIpc) is 2.87. The predicted molar refractivity (Wildman–Crippen MR) is 162 cm³/mol. The van der Waals surface area contributed by atoms with E-state index in [1.165, 1.54) is 161 Å². The Kier molecular flexibility index (Phi) is 29.8. The molecule has 36 heavy (non-hydrogen) atoms. The van der Waals surface area contributed by atoms with Crippen molar-refractivity contribution in [1.82, 2.24) is 0 Å². The Bertz CT molecular complexity index is 458. The molecule has 0 saturated heterocycles. The third-order valence-electron chi connectivity index (χ3n) is 7.83. The molecule has 0 heterocycles. The van der Waals surface area contributed by atoms with Gasteiger partial charge in [0.2, 0.25) is 5.91 Å². The van der Waals surface area contributed by atoms with E-state index < -0.39 is 0 Å². The molecule has 1 unspecified atom stereocenters. The highest BCUT2D eigenvalue weighted by molar-refractivity contribution is 5.78. The summed E-state index contributed by atoms with van der Waals surface area (Å²) in [7, 11) is 0. The fourth-order valence-electron chi connectivity index (χ4n) is 5.26. The van der Waals surface area contributed by atoms with Gasteiger partial charge in [-0.15, -0.1) is 0 Å². The second-order valence-corrected chi connectivity index (χ2v) is 11.5. The van der Waals surface area contributed by atoms with Crippen molar-refractivity contribution in [3.63, 3.8) is 0 Å². The highest BCUT2D eigenvalue weighted by Crippen LogP contribution is 2.17. The molecule has 0 saturated carbocycles. The fraction of sp³-hybridized carbons (Fsp3) is 0.912. The molecule has 2 N–H and O–H groups in total. The van der Waals surface area contributed by atoms with Crippen LogP contribution in [0.4, 0.5) is 0 Å². The van der Waals surface area contributed by atoms with Gasteiger partial charge in [-0.25, -0.2) is 0 Å². The molecule has 0 radical (unpaired) electrons. The van der Waals surface area contributed by atoms with Gasteiger partial charge in [0.05, 0.1) is 5.92 Å². The van der Waals surface area contributed by atoms with Gasteiger partial charge in [-0.3, -0.25) is 4.79 Å². The molecule has 1 amide bonds. The van der Waals surface area contributed by atoms with Crippen LogP contribution in [0.2, 0.25) is 0 Å². The molecule has 0 aliphatic rings. The van der Waals surface area contributed by atoms with Crippen molar-refractivity contribution >= 4 is 5.91 Å². The number of carbonyl (C=O) groups excluding carboxylic acids is 1. The molecule has 2 nitrogen and oxygen atoms in total. The smallest absolute Gasteiger partial charge is 0.224 e. The van der Waals surface area contributed by atoms with Crippen molar-refractivity contribution in [3.05, 3.63) is 12.2 Å². The quantitative estimate of drug-likeness (QED) is 0.0765. The number of primary amides is 1. The van der Waals surface area contributed by atoms with Crippen LogP contribution in [0.3, 0.4) is 0 Å². The number of rotatable bonds is 30. The number of allylic oxidation sites excluding steroid dienone is 1. The van der Waals surface area contributed by atoms with E-state index in [1.807, 2.05) is 0 Å². The summed E-state index contributed by atoms with van der Waals surface area (Å²) in [5.74, 6) is -0.199. The van der Waals surface area contributed by atoms with E-state index in [2.05, 4.69) is 26.0 Å². The summed E-state index contributed by atoms with van der Waals surface area (Å²) < 4.78 is 0. The first-order valence-electron chi connectivity index (χ1n) is 16.7. The maximum absolute atomic E-state index is 11.8. The van der Waals surface area contributed by atoms with Gasteiger partial charge in [0.15, 0.2) is 0 Å². The van der Waals surface area contributed by atoms with Crippen LogP contribution in [0.5, 0.6) is 0 Å². The minimum absolute atomic E-state index is 0.0558. The Morgan fingerprint density at radius 2 is 0.806 bits per heavy atom. The van der Waals surface area contributed by atoms with E-state index in [4.69, 9.17) is 5.73 Å². The highest BCUT2D eigenvalue weighted by Gasteiger charge is 2.10. The fourth-order valence-corrected chi connectivity index (χ4v) is 5.26. The summed E-state index contributed by atoms with van der Waals surface area (Å²) in [5, 5.41) is 0. The SMILES string of the molecule is CCCCCCCCCCCCCCCCC=CC(CCCCCCCCCCCCCC)C(N)=O. The van der Waals surface area contributed by atoms with Crippen LogP contribution in [-0.4, -0.2) is 5.91 Å². The molecule has 0 aliphatic carbocycles. The van der Waals surface area contributed by atoms with Gasteiger partial charge in [-0.05, 0) is 19.3 Å². The number of hydrogen-bond donors (Lipinski definition) is 1. The van der Waals surface area contributed by atoms with Crippen LogP contribution in [0.25, 0.3) is 0 Å². The topological polar surface area (TPSA) is 43.1 Å². The summed E-state index contributed by atoms with van der Waals surface area (Å²) in [5.41, 5.74) is 5.65. The largest absolute Gasteiger partial charge is 0.369 e. The molecule has 0 spiro atoms. The lowest BCUT2D eigenvalue weighted by atomic mass is 9.98. The van der Waals surface area contributed by atoms with Crippen LogP contribution < -0.4 is 5.73 Å². The predicted octanol–water partition coefficient (Wildman–Crippen LogP) is 11.6. The third-order valence-corrected chi connectivity index (χ3v) is 7.83. The van der Waals surface area contributed by atoms with Gasteiger partial charge in [0.25, 0.3) is 0 Å². The van der Waals surface area contributed by atoms with Crippen molar-refractivity contribution in [3.8, 4) is 0 Å². The summed E-state index contributed by atoms with van der Waals surface area (Å²) in [4.78, 5) is 11.8. The lowest BCUT2D eigenvalue weighted by Gasteiger charge is -2.08. The van der Waals surface area contributed by atoms with Gasteiger partial charge in [0, 0.05) is 0 Å². The van der Waals surface area contributed by atoms with Crippen molar-refractivity contribution in [2.45, 2.75) is 194 Å². The molecular formula is C34H67NO. The second-order valence-electron chi connectivity index (χ2n) is 11.5. The minimum atomic E-state index is -0.143. The standard InChI is InChI=1S/C34H67NO/c1-3-5-7-9-11-13-15-17-18-19-20-22-24-26-28-30-32-33(34(35)36)31-29-27-25-23-21-16-14-12-10-8-6-4-2/h30,32-33H,3-29,31H2,1-2H3,(H2,35,36). The van der Waals surface area contributed by atoms with Gasteiger partial charge in [-0.1, -0.05) is 187 Å². The van der Waals surface area contributed by atoms with Crippen LogP contribution >= 0.6 is 0 Å². The number of carbonyl (C=O) groups is 1. The first-order valence-corrected chi connectivity index (χ1v) is 16.7. The first kappa shape index (κ1) is 35.2. The zero-order valence-electron chi connectivity index (χ0n) is 25.0. The summed E-state index contributed by atoms with van der Waals surface area (Å²) in [6.45, 7) is 4.57. The van der Waals surface area contributed by atoms with E-state index in [-0.39, 0.29) is 11.8 Å². The molecule has 0 fully saturated rings. The molecule has 0 aromatic heterocycles. The zero-order chi connectivity index (χ0) is 26.4. The first-order chi connectivity index (χ1) is 17.7. The highest BCUT2D eigenvalue weighted by atomic mass is 16.1. The summed E-state index contributed by atoms with van der Waals surface area (Å²) in [6.07, 6.45) is 42.2. The molecule has 1 atom stereocenters. The van der Waals surface area contributed by atoms with Crippen LogP contribution in [0, 0.1) is 5.92 Å². The van der Waals surface area contributed by atoms with Gasteiger partial charge < -0.3 is 5.73 Å². The van der Waals surface area contributed by atoms with E-state index in [0.717, 1.165) is 19.3 Å². The Balaban J connectivity index is 3.47. The Morgan fingerprint density at radius 3 is 1.14 bits per heavy atom. The Morgan fingerprint density at radius 1 is 0.500 bits per heavy atom. The van der Waals surface area contributed by atoms with Crippen LogP contribution in [0.1, 0.15) is 194 Å². The van der Waals surface area contributed by atoms with Crippen molar-refractivity contribution in [2.24, 2.45) is 11.7 Å². The molecule has 0 bridgehead atoms. The third kappa shape index (κ3) is 27.8. The van der Waals surface area contributed by atoms with E-state index in [1.54, 1.807) is 0 Å². The van der Waals surface area contributed by atoms with Gasteiger partial charge >= 0.3 is 0 Å². The Labute approximate surface area is 228 Å². The maximum Gasteiger partial charge on any atom is 0.224 e. The molecule has 2 heteroatoms. The molecular weight excluding hydrogens is 438 g/mol. The minimum Gasteiger partial charge on any atom is -0.369 e. The molecule has 0 aromatic carbocycles. The molecule has 214 valence electrons. The van der Waals surface area contributed by atoms with Crippen molar-refractivity contribution in [1.29, 1.82) is 0 Å².